The first-order valence-corrected chi connectivity index (χ1v) is 6.47. The van der Waals surface area contributed by atoms with Gasteiger partial charge in [-0.05, 0) is 13.0 Å². The predicted molar refractivity (Wildman–Crippen MR) is 65.8 cm³/mol. The molecule has 0 radical (unpaired) electrons. The van der Waals surface area contributed by atoms with Gasteiger partial charge in [-0.2, -0.15) is 0 Å². The van der Waals surface area contributed by atoms with Gasteiger partial charge in [0.1, 0.15) is 10.7 Å². The van der Waals surface area contributed by atoms with Crippen LogP contribution in [0.5, 0.6) is 0 Å². The number of aromatic nitrogens is 4. The summed E-state index contributed by atoms with van der Waals surface area (Å²) in [6, 6.07) is 1.88. The van der Waals surface area contributed by atoms with E-state index >= 15 is 0 Å². The van der Waals surface area contributed by atoms with Crippen molar-refractivity contribution in [2.45, 2.75) is 17.8 Å². The Balaban J connectivity index is 2.02. The van der Waals surface area contributed by atoms with Gasteiger partial charge in [0.05, 0.1) is 0 Å². The van der Waals surface area contributed by atoms with Crippen molar-refractivity contribution < 1.29 is 0 Å². The maximum absolute atomic E-state index is 4.31. The average Bonchev–Trinajstić information content (AvgIpc) is 2.74. The second kappa shape index (κ2) is 5.22. The smallest absolute Gasteiger partial charge is 0.188 e. The number of aryl methyl sites for hydroxylation is 1. The van der Waals surface area contributed by atoms with Gasteiger partial charge >= 0.3 is 0 Å². The van der Waals surface area contributed by atoms with Gasteiger partial charge in [0, 0.05) is 36.2 Å². The SMILES string of the molecule is CNc1snnc1CSc1nccc(C)n1. The zero-order valence-corrected chi connectivity index (χ0v) is 10.6. The van der Waals surface area contributed by atoms with Gasteiger partial charge in [-0.15, -0.1) is 5.10 Å². The van der Waals surface area contributed by atoms with E-state index in [4.69, 9.17) is 0 Å². The Bertz CT molecular complexity index is 470. The summed E-state index contributed by atoms with van der Waals surface area (Å²) >= 11 is 2.93. The van der Waals surface area contributed by atoms with Crippen LogP contribution in [0.3, 0.4) is 0 Å². The van der Waals surface area contributed by atoms with Gasteiger partial charge in [0.2, 0.25) is 0 Å². The fourth-order valence-electron chi connectivity index (χ4n) is 1.12. The van der Waals surface area contributed by atoms with Gasteiger partial charge < -0.3 is 5.32 Å². The van der Waals surface area contributed by atoms with E-state index in [9.17, 15) is 0 Å². The standard InChI is InChI=1S/C9H11N5S2/c1-6-3-4-11-9(12-6)15-5-7-8(10-2)16-14-13-7/h3-4,10H,5H2,1-2H3. The van der Waals surface area contributed by atoms with E-state index in [-0.39, 0.29) is 0 Å². The Morgan fingerprint density at radius 3 is 3.12 bits per heavy atom. The Kier molecular flexibility index (Phi) is 3.68. The van der Waals surface area contributed by atoms with Gasteiger partial charge in [-0.1, -0.05) is 16.3 Å². The van der Waals surface area contributed by atoms with Crippen molar-refractivity contribution in [1.82, 2.24) is 19.6 Å². The molecule has 84 valence electrons. The van der Waals surface area contributed by atoms with Crippen LogP contribution in [0.1, 0.15) is 11.4 Å². The summed E-state index contributed by atoms with van der Waals surface area (Å²) in [6.45, 7) is 1.95. The molecule has 0 spiro atoms. The molecular formula is C9H11N5S2. The lowest BCUT2D eigenvalue weighted by Crippen LogP contribution is -1.93. The molecule has 0 aliphatic heterocycles. The molecule has 0 saturated carbocycles. The van der Waals surface area contributed by atoms with Crippen LogP contribution in [0.4, 0.5) is 5.00 Å². The lowest BCUT2D eigenvalue weighted by atomic mass is 10.5. The molecule has 2 heterocycles. The third-order valence-electron chi connectivity index (χ3n) is 1.89. The molecule has 0 unspecified atom stereocenters. The fraction of sp³-hybridized carbons (Fsp3) is 0.333. The summed E-state index contributed by atoms with van der Waals surface area (Å²) in [5, 5.41) is 8.89. The first-order valence-electron chi connectivity index (χ1n) is 4.71. The highest BCUT2D eigenvalue weighted by atomic mass is 32.2. The number of rotatable bonds is 4. The number of nitrogens with one attached hydrogen (secondary N) is 1. The molecule has 7 heteroatoms. The maximum atomic E-state index is 4.31. The number of anilines is 1. The molecule has 2 aromatic rings. The van der Waals surface area contributed by atoms with Crippen LogP contribution in [0.15, 0.2) is 17.4 Å². The van der Waals surface area contributed by atoms with Crippen LogP contribution >= 0.6 is 23.3 Å². The topological polar surface area (TPSA) is 63.6 Å². The number of hydrogen-bond donors (Lipinski definition) is 1. The highest BCUT2D eigenvalue weighted by Crippen LogP contribution is 2.24. The highest BCUT2D eigenvalue weighted by Gasteiger charge is 2.07. The summed E-state index contributed by atoms with van der Waals surface area (Å²) < 4.78 is 3.90. The minimum Gasteiger partial charge on any atom is -0.377 e. The number of nitrogens with zero attached hydrogens (tertiary/aromatic N) is 4. The van der Waals surface area contributed by atoms with Gasteiger partial charge in [-0.3, -0.25) is 0 Å². The van der Waals surface area contributed by atoms with Crippen LogP contribution < -0.4 is 5.32 Å². The Hall–Kier alpha value is -1.21. The third-order valence-corrected chi connectivity index (χ3v) is 3.55. The summed E-state index contributed by atoms with van der Waals surface area (Å²) in [7, 11) is 1.87. The van der Waals surface area contributed by atoms with Gasteiger partial charge in [-0.25, -0.2) is 9.97 Å². The van der Waals surface area contributed by atoms with Crippen molar-refractivity contribution in [3.05, 3.63) is 23.7 Å². The molecule has 0 aliphatic carbocycles. The zero-order valence-electron chi connectivity index (χ0n) is 8.97. The molecule has 0 aromatic carbocycles. The number of hydrogen-bond acceptors (Lipinski definition) is 7. The second-order valence-corrected chi connectivity index (χ2v) is 4.76. The van der Waals surface area contributed by atoms with Crippen LogP contribution in [0.2, 0.25) is 0 Å². The molecule has 2 rings (SSSR count). The minimum absolute atomic E-state index is 0.732. The first-order chi connectivity index (χ1) is 7.79. The molecule has 0 fully saturated rings. The normalized spacial score (nSPS) is 10.4. The molecule has 1 N–H and O–H groups in total. The molecular weight excluding hydrogens is 242 g/mol. The van der Waals surface area contributed by atoms with Crippen molar-refractivity contribution in [2.75, 3.05) is 12.4 Å². The summed E-state index contributed by atoms with van der Waals surface area (Å²) in [4.78, 5) is 8.50. The lowest BCUT2D eigenvalue weighted by Gasteiger charge is -2.00. The monoisotopic (exact) mass is 253 g/mol. The van der Waals surface area contributed by atoms with E-state index in [0.717, 1.165) is 27.3 Å². The van der Waals surface area contributed by atoms with Crippen molar-refractivity contribution in [3.63, 3.8) is 0 Å². The fourth-order valence-corrected chi connectivity index (χ4v) is 2.56. The summed E-state index contributed by atoms with van der Waals surface area (Å²) in [5.74, 6) is 0.732. The highest BCUT2D eigenvalue weighted by molar-refractivity contribution is 7.98. The van der Waals surface area contributed by atoms with E-state index in [1.54, 1.807) is 18.0 Å². The molecule has 0 saturated heterocycles. The Morgan fingerprint density at radius 2 is 2.38 bits per heavy atom. The molecule has 5 nitrogen and oxygen atoms in total. The van der Waals surface area contributed by atoms with E-state index in [1.165, 1.54) is 11.5 Å². The predicted octanol–water partition coefficient (Wildman–Crippen LogP) is 1.97. The van der Waals surface area contributed by atoms with E-state index in [2.05, 4.69) is 24.9 Å². The minimum atomic E-state index is 0.732. The number of thioether (sulfide) groups is 1. The van der Waals surface area contributed by atoms with Crippen molar-refractivity contribution in [1.29, 1.82) is 0 Å². The lowest BCUT2D eigenvalue weighted by molar-refractivity contribution is 0.930. The molecule has 2 aromatic heterocycles. The molecule has 0 amide bonds. The Labute approximate surface area is 102 Å². The van der Waals surface area contributed by atoms with E-state index in [0.29, 0.717) is 0 Å². The van der Waals surface area contributed by atoms with Crippen LogP contribution in [0, 0.1) is 6.92 Å². The molecule has 0 aliphatic rings. The quantitative estimate of drug-likeness (QED) is 0.664. The zero-order chi connectivity index (χ0) is 11.4. The molecule has 0 bridgehead atoms. The first kappa shape index (κ1) is 11.3. The Morgan fingerprint density at radius 1 is 1.50 bits per heavy atom. The third kappa shape index (κ3) is 2.67. The summed E-state index contributed by atoms with van der Waals surface area (Å²) in [5.41, 5.74) is 1.92. The van der Waals surface area contributed by atoms with Crippen LogP contribution in [-0.2, 0) is 5.75 Å². The van der Waals surface area contributed by atoms with E-state index in [1.807, 2.05) is 20.0 Å². The van der Waals surface area contributed by atoms with Crippen molar-refractivity contribution in [2.24, 2.45) is 0 Å². The van der Waals surface area contributed by atoms with Crippen LogP contribution in [0.25, 0.3) is 0 Å². The molecule has 0 atom stereocenters. The van der Waals surface area contributed by atoms with E-state index < -0.39 is 0 Å². The van der Waals surface area contributed by atoms with Crippen molar-refractivity contribution >= 4 is 28.3 Å². The van der Waals surface area contributed by atoms with Gasteiger partial charge in [0.15, 0.2) is 5.16 Å². The second-order valence-electron chi connectivity index (χ2n) is 3.07. The van der Waals surface area contributed by atoms with Gasteiger partial charge in [0.25, 0.3) is 0 Å². The van der Waals surface area contributed by atoms with Crippen LogP contribution in [-0.4, -0.2) is 26.6 Å². The summed E-state index contributed by atoms with van der Waals surface area (Å²) in [6.07, 6.45) is 1.77. The average molecular weight is 253 g/mol. The maximum Gasteiger partial charge on any atom is 0.188 e. The largest absolute Gasteiger partial charge is 0.377 e. The molecule has 16 heavy (non-hydrogen) atoms. The van der Waals surface area contributed by atoms with Crippen molar-refractivity contribution in [3.8, 4) is 0 Å².